The Morgan fingerprint density at radius 3 is 2.67 bits per heavy atom. The number of nitrogens with one attached hydrogen (secondary N) is 1. The van der Waals surface area contributed by atoms with Crippen LogP contribution in [0.3, 0.4) is 0 Å². The Hall–Kier alpha value is -1.75. The Morgan fingerprint density at radius 2 is 2.00 bits per heavy atom. The lowest BCUT2D eigenvalue weighted by atomic mass is 10.1. The van der Waals surface area contributed by atoms with Gasteiger partial charge in [-0.2, -0.15) is 0 Å². The highest BCUT2D eigenvalue weighted by atomic mass is 32.1. The van der Waals surface area contributed by atoms with E-state index in [-0.39, 0.29) is 5.91 Å². The maximum Gasteiger partial charge on any atom is 0.226 e. The lowest BCUT2D eigenvalue weighted by Gasteiger charge is -2.02. The van der Waals surface area contributed by atoms with E-state index in [1.807, 2.05) is 44.2 Å². The van der Waals surface area contributed by atoms with Crippen LogP contribution in [-0.2, 0) is 4.79 Å². The number of aromatic nitrogens is 2. The lowest BCUT2D eigenvalue weighted by molar-refractivity contribution is -0.116. The zero-order chi connectivity index (χ0) is 13.0. The third-order valence-corrected chi connectivity index (χ3v) is 3.17. The zero-order valence-corrected chi connectivity index (χ0v) is 11.2. The van der Waals surface area contributed by atoms with Crippen LogP contribution in [-0.4, -0.2) is 16.1 Å². The molecule has 0 saturated carbocycles. The van der Waals surface area contributed by atoms with E-state index in [4.69, 9.17) is 0 Å². The molecule has 2 rings (SSSR count). The fourth-order valence-corrected chi connectivity index (χ4v) is 2.28. The zero-order valence-electron chi connectivity index (χ0n) is 10.4. The first-order valence-electron chi connectivity index (χ1n) is 5.84. The second-order valence-corrected chi connectivity index (χ2v) is 5.40. The number of amides is 1. The predicted octanol–water partition coefficient (Wildman–Crippen LogP) is 3.19. The van der Waals surface area contributed by atoms with Crippen LogP contribution in [0.2, 0.25) is 0 Å². The third kappa shape index (κ3) is 3.37. The maximum atomic E-state index is 11.6. The van der Waals surface area contributed by atoms with E-state index in [1.54, 1.807) is 0 Å². The van der Waals surface area contributed by atoms with Crippen LogP contribution in [0.1, 0.15) is 20.3 Å². The van der Waals surface area contributed by atoms with Gasteiger partial charge < -0.3 is 5.32 Å². The number of anilines is 1. The highest BCUT2D eigenvalue weighted by Gasteiger charge is 2.10. The quantitative estimate of drug-likeness (QED) is 0.919. The van der Waals surface area contributed by atoms with Gasteiger partial charge in [-0.1, -0.05) is 55.5 Å². The first-order valence-corrected chi connectivity index (χ1v) is 6.65. The van der Waals surface area contributed by atoms with Crippen molar-refractivity contribution in [3.63, 3.8) is 0 Å². The van der Waals surface area contributed by atoms with Crippen molar-refractivity contribution in [2.24, 2.45) is 5.92 Å². The summed E-state index contributed by atoms with van der Waals surface area (Å²) in [6.07, 6.45) is 0.500. The molecule has 0 unspecified atom stereocenters. The van der Waals surface area contributed by atoms with Crippen molar-refractivity contribution in [1.29, 1.82) is 0 Å². The van der Waals surface area contributed by atoms with Gasteiger partial charge in [0, 0.05) is 12.0 Å². The van der Waals surface area contributed by atoms with Crippen molar-refractivity contribution < 1.29 is 4.79 Å². The molecule has 5 heteroatoms. The smallest absolute Gasteiger partial charge is 0.226 e. The van der Waals surface area contributed by atoms with E-state index >= 15 is 0 Å². The number of nitrogens with zero attached hydrogens (tertiary/aromatic N) is 2. The molecule has 0 radical (unpaired) electrons. The Kier molecular flexibility index (Phi) is 4.04. The summed E-state index contributed by atoms with van der Waals surface area (Å²) in [6.45, 7) is 4.02. The van der Waals surface area contributed by atoms with E-state index in [9.17, 15) is 4.79 Å². The highest BCUT2D eigenvalue weighted by Crippen LogP contribution is 2.25. The van der Waals surface area contributed by atoms with E-state index in [0.717, 1.165) is 10.6 Å². The Labute approximate surface area is 110 Å². The van der Waals surface area contributed by atoms with Gasteiger partial charge in [0.15, 0.2) is 0 Å². The molecule has 0 aliphatic rings. The van der Waals surface area contributed by atoms with Crippen molar-refractivity contribution in [3.8, 4) is 10.6 Å². The predicted molar refractivity (Wildman–Crippen MR) is 73.4 cm³/mol. The number of benzene rings is 1. The molecule has 2 aromatic rings. The van der Waals surface area contributed by atoms with Crippen molar-refractivity contribution >= 4 is 22.4 Å². The number of hydrogen-bond acceptors (Lipinski definition) is 4. The Morgan fingerprint density at radius 1 is 1.28 bits per heavy atom. The average molecular weight is 261 g/mol. The minimum atomic E-state index is -0.0132. The SMILES string of the molecule is CC(C)CC(=O)Nc1nnc(-c2ccccc2)s1. The topological polar surface area (TPSA) is 54.9 Å². The molecule has 4 nitrogen and oxygen atoms in total. The standard InChI is InChI=1S/C13H15N3OS/c1-9(2)8-11(17)14-13-16-15-12(18-13)10-6-4-3-5-7-10/h3-7,9H,8H2,1-2H3,(H,14,16,17). The fourth-order valence-electron chi connectivity index (χ4n) is 1.51. The van der Waals surface area contributed by atoms with E-state index in [0.29, 0.717) is 17.5 Å². The van der Waals surface area contributed by atoms with Crippen LogP contribution in [0.25, 0.3) is 10.6 Å². The fraction of sp³-hybridized carbons (Fsp3) is 0.308. The summed E-state index contributed by atoms with van der Waals surface area (Å²) in [4.78, 5) is 11.6. The van der Waals surface area contributed by atoms with Crippen molar-refractivity contribution in [1.82, 2.24) is 10.2 Å². The Balaban J connectivity index is 2.05. The summed E-state index contributed by atoms with van der Waals surface area (Å²) in [5.41, 5.74) is 1.01. The van der Waals surface area contributed by atoms with E-state index < -0.39 is 0 Å². The minimum Gasteiger partial charge on any atom is -0.301 e. The number of rotatable bonds is 4. The van der Waals surface area contributed by atoms with Crippen LogP contribution in [0.4, 0.5) is 5.13 Å². The normalized spacial score (nSPS) is 10.6. The third-order valence-electron chi connectivity index (χ3n) is 2.29. The largest absolute Gasteiger partial charge is 0.301 e. The van der Waals surface area contributed by atoms with Gasteiger partial charge >= 0.3 is 0 Å². The first-order chi connectivity index (χ1) is 8.65. The molecule has 1 N–H and O–H groups in total. The maximum absolute atomic E-state index is 11.6. The Bertz CT molecular complexity index is 522. The minimum absolute atomic E-state index is 0.0132. The van der Waals surface area contributed by atoms with Gasteiger partial charge in [-0.15, -0.1) is 10.2 Å². The van der Waals surface area contributed by atoms with Crippen LogP contribution in [0.15, 0.2) is 30.3 Å². The van der Waals surface area contributed by atoms with Crippen LogP contribution in [0.5, 0.6) is 0 Å². The molecule has 1 amide bonds. The number of carbonyl (C=O) groups is 1. The molecule has 0 saturated heterocycles. The van der Waals surface area contributed by atoms with Gasteiger partial charge in [0.25, 0.3) is 0 Å². The van der Waals surface area contributed by atoms with E-state index in [1.165, 1.54) is 11.3 Å². The molecule has 0 bridgehead atoms. The average Bonchev–Trinajstić information content (AvgIpc) is 2.77. The van der Waals surface area contributed by atoms with Gasteiger partial charge in [-0.05, 0) is 5.92 Å². The van der Waals surface area contributed by atoms with Gasteiger partial charge in [-0.25, -0.2) is 0 Å². The second kappa shape index (κ2) is 5.73. The molecule has 0 spiro atoms. The van der Waals surface area contributed by atoms with Crippen LogP contribution < -0.4 is 5.32 Å². The van der Waals surface area contributed by atoms with Gasteiger partial charge in [0.1, 0.15) is 5.01 Å². The molecule has 1 heterocycles. The summed E-state index contributed by atoms with van der Waals surface area (Å²) >= 11 is 1.39. The van der Waals surface area contributed by atoms with Crippen molar-refractivity contribution in [2.45, 2.75) is 20.3 Å². The first kappa shape index (κ1) is 12.7. The second-order valence-electron chi connectivity index (χ2n) is 4.42. The van der Waals surface area contributed by atoms with E-state index in [2.05, 4.69) is 15.5 Å². The van der Waals surface area contributed by atoms with Crippen LogP contribution in [0, 0.1) is 5.92 Å². The molecule has 0 atom stereocenters. The molecule has 94 valence electrons. The molecule has 0 aliphatic heterocycles. The van der Waals surface area contributed by atoms with Gasteiger partial charge in [0.2, 0.25) is 11.0 Å². The summed E-state index contributed by atoms with van der Waals surface area (Å²) in [5, 5.41) is 12.2. The highest BCUT2D eigenvalue weighted by molar-refractivity contribution is 7.18. The van der Waals surface area contributed by atoms with Crippen LogP contribution >= 0.6 is 11.3 Å². The van der Waals surface area contributed by atoms with Crippen molar-refractivity contribution in [3.05, 3.63) is 30.3 Å². The number of hydrogen-bond donors (Lipinski definition) is 1. The molecule has 0 aliphatic carbocycles. The molecular formula is C13H15N3OS. The molecule has 1 aromatic heterocycles. The summed E-state index contributed by atoms with van der Waals surface area (Å²) in [7, 11) is 0. The molecular weight excluding hydrogens is 246 g/mol. The van der Waals surface area contributed by atoms with Gasteiger partial charge in [-0.3, -0.25) is 4.79 Å². The molecule has 18 heavy (non-hydrogen) atoms. The lowest BCUT2D eigenvalue weighted by Crippen LogP contribution is -2.13. The molecule has 0 fully saturated rings. The summed E-state index contributed by atoms with van der Waals surface area (Å²) in [6, 6.07) is 9.80. The number of carbonyl (C=O) groups excluding carboxylic acids is 1. The monoisotopic (exact) mass is 261 g/mol. The summed E-state index contributed by atoms with van der Waals surface area (Å²) in [5.74, 6) is 0.326. The summed E-state index contributed by atoms with van der Waals surface area (Å²) < 4.78 is 0. The van der Waals surface area contributed by atoms with Crippen molar-refractivity contribution in [2.75, 3.05) is 5.32 Å². The van der Waals surface area contributed by atoms with Gasteiger partial charge in [0.05, 0.1) is 0 Å². The molecule has 1 aromatic carbocycles.